The number of halogens is 1. The average Bonchev–Trinajstić information content (AvgIpc) is 2.56. The molecule has 5 nitrogen and oxygen atoms in total. The molecule has 2 rings (SSSR count). The van der Waals surface area contributed by atoms with Gasteiger partial charge >= 0.3 is 6.03 Å². The van der Waals surface area contributed by atoms with E-state index in [1.807, 2.05) is 37.3 Å². The number of anilines is 1. The lowest BCUT2D eigenvalue weighted by Crippen LogP contribution is -2.31. The normalized spacial score (nSPS) is 10.2. The molecule has 0 saturated heterocycles. The van der Waals surface area contributed by atoms with Crippen molar-refractivity contribution in [3.05, 3.63) is 64.2 Å². The Bertz CT molecular complexity index is 775. The Morgan fingerprint density at radius 2 is 1.88 bits per heavy atom. The van der Waals surface area contributed by atoms with Gasteiger partial charge in [-0.2, -0.15) is 0 Å². The second-order valence-corrected chi connectivity index (χ2v) is 6.43. The minimum atomic E-state index is -0.306. The Balaban J connectivity index is 1.93. The third-order valence-corrected chi connectivity index (χ3v) is 3.96. The molecule has 0 fully saturated rings. The molecule has 2 aromatic carbocycles. The number of nitrogens with one attached hydrogen (secondary N) is 2. The molecule has 0 aliphatic rings. The van der Waals surface area contributed by atoms with Crippen molar-refractivity contribution in [1.82, 2.24) is 10.2 Å². The van der Waals surface area contributed by atoms with Crippen LogP contribution >= 0.6 is 11.6 Å². The molecule has 2 aromatic rings. The summed E-state index contributed by atoms with van der Waals surface area (Å²) in [6, 6.07) is 12.5. The van der Waals surface area contributed by atoms with E-state index in [9.17, 15) is 9.59 Å². The number of amides is 3. The fraction of sp³-hybridized carbons (Fsp3) is 0.263. The molecule has 0 spiro atoms. The van der Waals surface area contributed by atoms with E-state index in [1.54, 1.807) is 26.2 Å². The molecule has 0 atom stereocenters. The average molecular weight is 360 g/mol. The fourth-order valence-corrected chi connectivity index (χ4v) is 2.54. The molecule has 0 aliphatic heterocycles. The van der Waals surface area contributed by atoms with Gasteiger partial charge in [0, 0.05) is 36.9 Å². The second-order valence-electron chi connectivity index (χ2n) is 5.99. The van der Waals surface area contributed by atoms with Crippen LogP contribution in [0.5, 0.6) is 0 Å². The molecule has 0 bridgehead atoms. The maximum absolute atomic E-state index is 12.1. The standard InChI is InChI=1S/C19H22ClN3O2/c1-13-7-8-15(18(24)23(2)3)12-17(13)22-19(25)21-10-9-14-5-4-6-16(20)11-14/h4-8,11-12H,9-10H2,1-3H3,(H2,21,22,25). The van der Waals surface area contributed by atoms with Crippen LogP contribution in [-0.2, 0) is 6.42 Å². The van der Waals surface area contributed by atoms with Crippen LogP contribution < -0.4 is 10.6 Å². The molecule has 0 saturated carbocycles. The van der Waals surface area contributed by atoms with Gasteiger partial charge in [-0.1, -0.05) is 29.8 Å². The van der Waals surface area contributed by atoms with Gasteiger partial charge in [-0.05, 0) is 48.7 Å². The maximum Gasteiger partial charge on any atom is 0.319 e. The summed E-state index contributed by atoms with van der Waals surface area (Å²) in [6.45, 7) is 2.37. The number of benzene rings is 2. The van der Waals surface area contributed by atoms with Gasteiger partial charge in [-0.15, -0.1) is 0 Å². The minimum Gasteiger partial charge on any atom is -0.345 e. The van der Waals surface area contributed by atoms with Crippen molar-refractivity contribution in [2.75, 3.05) is 26.0 Å². The summed E-state index contributed by atoms with van der Waals surface area (Å²) >= 11 is 5.94. The first-order valence-electron chi connectivity index (χ1n) is 7.98. The van der Waals surface area contributed by atoms with Crippen molar-refractivity contribution in [1.29, 1.82) is 0 Å². The lowest BCUT2D eigenvalue weighted by atomic mass is 10.1. The van der Waals surface area contributed by atoms with Crippen molar-refractivity contribution >= 4 is 29.2 Å². The van der Waals surface area contributed by atoms with E-state index in [4.69, 9.17) is 11.6 Å². The molecule has 132 valence electrons. The largest absolute Gasteiger partial charge is 0.345 e. The van der Waals surface area contributed by atoms with Gasteiger partial charge < -0.3 is 15.5 Å². The highest BCUT2D eigenvalue weighted by molar-refractivity contribution is 6.30. The zero-order valence-electron chi connectivity index (χ0n) is 14.6. The van der Waals surface area contributed by atoms with Gasteiger partial charge in [0.1, 0.15) is 0 Å². The van der Waals surface area contributed by atoms with E-state index in [1.165, 1.54) is 4.90 Å². The van der Waals surface area contributed by atoms with Gasteiger partial charge in [0.2, 0.25) is 0 Å². The first-order chi connectivity index (χ1) is 11.9. The highest BCUT2D eigenvalue weighted by Gasteiger charge is 2.11. The van der Waals surface area contributed by atoms with E-state index in [0.29, 0.717) is 29.2 Å². The lowest BCUT2D eigenvalue weighted by Gasteiger charge is -2.14. The summed E-state index contributed by atoms with van der Waals surface area (Å²) in [5, 5.41) is 6.28. The van der Waals surface area contributed by atoms with Crippen molar-refractivity contribution in [3.63, 3.8) is 0 Å². The Kier molecular flexibility index (Phi) is 6.42. The molecule has 0 unspecified atom stereocenters. The number of urea groups is 1. The van der Waals surface area contributed by atoms with Crippen LogP contribution in [0.15, 0.2) is 42.5 Å². The third-order valence-electron chi connectivity index (χ3n) is 3.73. The second kappa shape index (κ2) is 8.53. The summed E-state index contributed by atoms with van der Waals surface area (Å²) in [5.41, 5.74) is 3.10. The van der Waals surface area contributed by atoms with Crippen LogP contribution in [0, 0.1) is 6.92 Å². The number of carbonyl (C=O) groups is 2. The van der Waals surface area contributed by atoms with Crippen LogP contribution in [-0.4, -0.2) is 37.5 Å². The molecule has 3 amide bonds. The first-order valence-corrected chi connectivity index (χ1v) is 8.36. The number of aryl methyl sites for hydroxylation is 1. The van der Waals surface area contributed by atoms with Gasteiger partial charge in [0.15, 0.2) is 0 Å². The predicted molar refractivity (Wildman–Crippen MR) is 101 cm³/mol. The number of nitrogens with zero attached hydrogens (tertiary/aromatic N) is 1. The predicted octanol–water partition coefficient (Wildman–Crippen LogP) is 3.71. The monoisotopic (exact) mass is 359 g/mol. The van der Waals surface area contributed by atoms with Gasteiger partial charge in [0.05, 0.1) is 0 Å². The van der Waals surface area contributed by atoms with Crippen molar-refractivity contribution in [2.24, 2.45) is 0 Å². The molecule has 0 aromatic heterocycles. The highest BCUT2D eigenvalue weighted by atomic mass is 35.5. The number of hydrogen-bond acceptors (Lipinski definition) is 2. The van der Waals surface area contributed by atoms with Gasteiger partial charge in [-0.25, -0.2) is 4.79 Å². The van der Waals surface area contributed by atoms with Crippen molar-refractivity contribution in [3.8, 4) is 0 Å². The fourth-order valence-electron chi connectivity index (χ4n) is 2.33. The summed E-state index contributed by atoms with van der Waals surface area (Å²) in [5.74, 6) is -0.107. The zero-order chi connectivity index (χ0) is 18.4. The summed E-state index contributed by atoms with van der Waals surface area (Å²) in [6.07, 6.45) is 0.687. The lowest BCUT2D eigenvalue weighted by molar-refractivity contribution is 0.0827. The molecule has 2 N–H and O–H groups in total. The maximum atomic E-state index is 12.1. The van der Waals surface area contributed by atoms with E-state index in [0.717, 1.165) is 11.1 Å². The van der Waals surface area contributed by atoms with E-state index < -0.39 is 0 Å². The Morgan fingerprint density at radius 3 is 2.56 bits per heavy atom. The van der Waals surface area contributed by atoms with E-state index in [-0.39, 0.29) is 11.9 Å². The summed E-state index contributed by atoms with van der Waals surface area (Å²) in [4.78, 5) is 25.6. The highest BCUT2D eigenvalue weighted by Crippen LogP contribution is 2.17. The quantitative estimate of drug-likeness (QED) is 0.854. The Morgan fingerprint density at radius 1 is 1.12 bits per heavy atom. The molecular weight excluding hydrogens is 338 g/mol. The summed E-state index contributed by atoms with van der Waals surface area (Å²) in [7, 11) is 3.38. The number of hydrogen-bond donors (Lipinski definition) is 2. The van der Waals surface area contributed by atoms with E-state index in [2.05, 4.69) is 10.6 Å². The third kappa shape index (κ3) is 5.50. The number of carbonyl (C=O) groups excluding carboxylic acids is 2. The Hall–Kier alpha value is -2.53. The van der Waals surface area contributed by atoms with E-state index >= 15 is 0 Å². The van der Waals surface area contributed by atoms with Crippen molar-refractivity contribution in [2.45, 2.75) is 13.3 Å². The summed E-state index contributed by atoms with van der Waals surface area (Å²) < 4.78 is 0. The van der Waals surface area contributed by atoms with Crippen LogP contribution in [0.1, 0.15) is 21.5 Å². The number of rotatable bonds is 5. The smallest absolute Gasteiger partial charge is 0.319 e. The molecule has 0 radical (unpaired) electrons. The topological polar surface area (TPSA) is 61.4 Å². The minimum absolute atomic E-state index is 0.107. The van der Waals surface area contributed by atoms with Crippen LogP contribution in [0.4, 0.5) is 10.5 Å². The molecule has 0 aliphatic carbocycles. The molecule has 25 heavy (non-hydrogen) atoms. The molecular formula is C19H22ClN3O2. The van der Waals surface area contributed by atoms with Gasteiger partial charge in [-0.3, -0.25) is 4.79 Å². The van der Waals surface area contributed by atoms with Crippen LogP contribution in [0.2, 0.25) is 5.02 Å². The van der Waals surface area contributed by atoms with Crippen molar-refractivity contribution < 1.29 is 9.59 Å². The zero-order valence-corrected chi connectivity index (χ0v) is 15.4. The van der Waals surface area contributed by atoms with Crippen LogP contribution in [0.3, 0.4) is 0 Å². The van der Waals surface area contributed by atoms with Gasteiger partial charge in [0.25, 0.3) is 5.91 Å². The molecule has 0 heterocycles. The van der Waals surface area contributed by atoms with Crippen LogP contribution in [0.25, 0.3) is 0 Å². The Labute approximate surface area is 153 Å². The molecule has 6 heteroatoms. The SMILES string of the molecule is Cc1ccc(C(=O)N(C)C)cc1NC(=O)NCCc1cccc(Cl)c1. The first kappa shape index (κ1) is 18.8.